The Balaban J connectivity index is 2.86. The smallest absolute Gasteiger partial charge is 0.259 e. The van der Waals surface area contributed by atoms with Gasteiger partial charge in [-0.3, -0.25) is 10.0 Å². The highest BCUT2D eigenvalue weighted by Crippen LogP contribution is 2.25. The molecule has 3 heteroatoms. The van der Waals surface area contributed by atoms with Crippen molar-refractivity contribution in [1.82, 2.24) is 5.06 Å². The number of nitrogens with zero attached hydrogens (tertiary/aromatic N) is 1. The maximum Gasteiger partial charge on any atom is 0.259 e. The van der Waals surface area contributed by atoms with Crippen molar-refractivity contribution >= 4 is 5.91 Å². The van der Waals surface area contributed by atoms with Crippen molar-refractivity contribution in [3.8, 4) is 0 Å². The lowest BCUT2D eigenvalue weighted by Crippen LogP contribution is -2.28. The van der Waals surface area contributed by atoms with Crippen LogP contribution in [0, 0.1) is 5.41 Å². The molecule has 1 N–H and O–H groups in total. The van der Waals surface area contributed by atoms with E-state index in [1.165, 1.54) is 6.20 Å². The SMILES string of the molecule is CC1(C)C=CN(O)C1=O. The molecule has 0 aromatic heterocycles. The molecular formula is C6H9NO2. The van der Waals surface area contributed by atoms with Crippen molar-refractivity contribution in [2.45, 2.75) is 13.8 Å². The highest BCUT2D eigenvalue weighted by Gasteiger charge is 2.33. The molecule has 1 rings (SSSR count). The molecule has 1 heterocycles. The van der Waals surface area contributed by atoms with Gasteiger partial charge in [-0.15, -0.1) is 0 Å². The van der Waals surface area contributed by atoms with Crippen LogP contribution in [-0.4, -0.2) is 16.2 Å². The summed E-state index contributed by atoms with van der Waals surface area (Å²) in [5, 5.41) is 9.34. The van der Waals surface area contributed by atoms with Crippen molar-refractivity contribution < 1.29 is 10.0 Å². The third-order valence-corrected chi connectivity index (χ3v) is 1.39. The second kappa shape index (κ2) is 1.57. The lowest BCUT2D eigenvalue weighted by atomic mass is 9.95. The largest absolute Gasteiger partial charge is 0.281 e. The average molecular weight is 127 g/mol. The topological polar surface area (TPSA) is 40.5 Å². The Morgan fingerprint density at radius 2 is 2.22 bits per heavy atom. The lowest BCUT2D eigenvalue weighted by Gasteiger charge is -2.13. The zero-order valence-corrected chi connectivity index (χ0v) is 5.46. The molecule has 0 unspecified atom stereocenters. The van der Waals surface area contributed by atoms with Gasteiger partial charge in [0, 0.05) is 6.20 Å². The Kier molecular flexibility index (Phi) is 1.10. The standard InChI is InChI=1S/C6H9NO2/c1-6(2)3-4-7(9)5(6)8/h3-4,9H,1-2H3. The van der Waals surface area contributed by atoms with E-state index in [1.54, 1.807) is 19.9 Å². The van der Waals surface area contributed by atoms with Crippen LogP contribution in [0.5, 0.6) is 0 Å². The molecule has 1 amide bonds. The van der Waals surface area contributed by atoms with Crippen LogP contribution in [0.15, 0.2) is 12.3 Å². The number of carbonyl (C=O) groups excluding carboxylic acids is 1. The quantitative estimate of drug-likeness (QED) is 0.488. The molecule has 0 fully saturated rings. The van der Waals surface area contributed by atoms with Gasteiger partial charge in [-0.1, -0.05) is 6.08 Å². The van der Waals surface area contributed by atoms with E-state index in [-0.39, 0.29) is 5.91 Å². The molecule has 9 heavy (non-hydrogen) atoms. The first-order valence-electron chi connectivity index (χ1n) is 2.76. The number of hydroxylamine groups is 2. The number of rotatable bonds is 0. The van der Waals surface area contributed by atoms with Crippen LogP contribution in [0.25, 0.3) is 0 Å². The van der Waals surface area contributed by atoms with Crippen molar-refractivity contribution in [3.05, 3.63) is 12.3 Å². The summed E-state index contributed by atoms with van der Waals surface area (Å²) in [5.41, 5.74) is -0.519. The molecule has 0 saturated heterocycles. The van der Waals surface area contributed by atoms with Crippen LogP contribution in [0.3, 0.4) is 0 Å². The van der Waals surface area contributed by atoms with Gasteiger partial charge in [0.25, 0.3) is 5.91 Å². The second-order valence-electron chi connectivity index (χ2n) is 2.69. The van der Waals surface area contributed by atoms with Crippen molar-refractivity contribution in [1.29, 1.82) is 0 Å². The predicted octanol–water partition coefficient (Wildman–Crippen LogP) is 0.758. The fourth-order valence-corrected chi connectivity index (χ4v) is 0.691. The Morgan fingerprint density at radius 3 is 2.33 bits per heavy atom. The molecule has 0 spiro atoms. The molecule has 0 saturated carbocycles. The van der Waals surface area contributed by atoms with Gasteiger partial charge in [-0.05, 0) is 13.8 Å². The van der Waals surface area contributed by atoms with Gasteiger partial charge in [0.1, 0.15) is 0 Å². The summed E-state index contributed by atoms with van der Waals surface area (Å²) in [6, 6.07) is 0. The van der Waals surface area contributed by atoms with Crippen LogP contribution in [0.2, 0.25) is 0 Å². The molecule has 0 aliphatic carbocycles. The third kappa shape index (κ3) is 0.833. The second-order valence-corrected chi connectivity index (χ2v) is 2.69. The first-order valence-corrected chi connectivity index (χ1v) is 2.76. The highest BCUT2D eigenvalue weighted by atomic mass is 16.5. The number of hydrogen-bond donors (Lipinski definition) is 1. The van der Waals surface area contributed by atoms with Crippen molar-refractivity contribution in [2.24, 2.45) is 5.41 Å². The Morgan fingerprint density at radius 1 is 1.67 bits per heavy atom. The van der Waals surface area contributed by atoms with Gasteiger partial charge in [0.2, 0.25) is 0 Å². The predicted molar refractivity (Wildman–Crippen MR) is 31.6 cm³/mol. The lowest BCUT2D eigenvalue weighted by molar-refractivity contribution is -0.157. The number of amides is 1. The van der Waals surface area contributed by atoms with Crippen LogP contribution >= 0.6 is 0 Å². The Hall–Kier alpha value is -0.830. The minimum absolute atomic E-state index is 0.275. The molecule has 1 aliphatic rings. The van der Waals surface area contributed by atoms with Crippen LogP contribution in [0.4, 0.5) is 0 Å². The summed E-state index contributed by atoms with van der Waals surface area (Å²) < 4.78 is 0. The van der Waals surface area contributed by atoms with Gasteiger partial charge >= 0.3 is 0 Å². The summed E-state index contributed by atoms with van der Waals surface area (Å²) in [7, 11) is 0. The van der Waals surface area contributed by atoms with E-state index in [1.807, 2.05) is 0 Å². The summed E-state index contributed by atoms with van der Waals surface area (Å²) in [5.74, 6) is -0.275. The fourth-order valence-electron chi connectivity index (χ4n) is 0.691. The summed E-state index contributed by atoms with van der Waals surface area (Å²) in [6.45, 7) is 3.50. The maximum atomic E-state index is 10.8. The molecule has 50 valence electrons. The van der Waals surface area contributed by atoms with Gasteiger partial charge in [-0.25, -0.2) is 0 Å². The van der Waals surface area contributed by atoms with E-state index in [2.05, 4.69) is 0 Å². The van der Waals surface area contributed by atoms with Crippen molar-refractivity contribution in [2.75, 3.05) is 0 Å². The molecule has 0 aromatic rings. The Labute approximate surface area is 53.5 Å². The molecule has 0 bridgehead atoms. The van der Waals surface area contributed by atoms with Gasteiger partial charge in [-0.2, -0.15) is 5.06 Å². The van der Waals surface area contributed by atoms with Gasteiger partial charge < -0.3 is 0 Å². The minimum Gasteiger partial charge on any atom is -0.281 e. The van der Waals surface area contributed by atoms with E-state index < -0.39 is 5.41 Å². The Bertz CT molecular complexity index is 172. The minimum atomic E-state index is -0.519. The number of carbonyl (C=O) groups is 1. The summed E-state index contributed by atoms with van der Waals surface area (Å²) >= 11 is 0. The molecule has 3 nitrogen and oxygen atoms in total. The van der Waals surface area contributed by atoms with Crippen LogP contribution < -0.4 is 0 Å². The normalized spacial score (nSPS) is 23.4. The van der Waals surface area contributed by atoms with E-state index in [0.717, 1.165) is 0 Å². The van der Waals surface area contributed by atoms with E-state index in [0.29, 0.717) is 5.06 Å². The third-order valence-electron chi connectivity index (χ3n) is 1.39. The van der Waals surface area contributed by atoms with Crippen molar-refractivity contribution in [3.63, 3.8) is 0 Å². The molecule has 0 atom stereocenters. The molecule has 0 aromatic carbocycles. The van der Waals surface area contributed by atoms with Crippen LogP contribution in [0.1, 0.15) is 13.8 Å². The van der Waals surface area contributed by atoms with E-state index >= 15 is 0 Å². The van der Waals surface area contributed by atoms with E-state index in [9.17, 15) is 4.79 Å². The monoisotopic (exact) mass is 127 g/mol. The summed E-state index contributed by atoms with van der Waals surface area (Å²) in [4.78, 5) is 10.8. The first-order chi connectivity index (χ1) is 4.04. The highest BCUT2D eigenvalue weighted by molar-refractivity contribution is 5.86. The molecule has 0 radical (unpaired) electrons. The fraction of sp³-hybridized carbons (Fsp3) is 0.500. The van der Waals surface area contributed by atoms with Gasteiger partial charge in [0.15, 0.2) is 0 Å². The first kappa shape index (κ1) is 6.29. The van der Waals surface area contributed by atoms with Crippen LogP contribution in [-0.2, 0) is 4.79 Å². The molecular weight excluding hydrogens is 118 g/mol. The zero-order chi connectivity index (χ0) is 7.07. The summed E-state index contributed by atoms with van der Waals surface area (Å²) in [6.07, 6.45) is 3.03. The average Bonchev–Trinajstić information content (AvgIpc) is 1.97. The van der Waals surface area contributed by atoms with E-state index in [4.69, 9.17) is 5.21 Å². The molecule has 1 aliphatic heterocycles. The number of hydrogen-bond acceptors (Lipinski definition) is 2. The maximum absolute atomic E-state index is 10.8. The zero-order valence-electron chi connectivity index (χ0n) is 5.46. The van der Waals surface area contributed by atoms with Gasteiger partial charge in [0.05, 0.1) is 5.41 Å².